The van der Waals surface area contributed by atoms with Crippen LogP contribution in [-0.2, 0) is 4.94 Å². The van der Waals surface area contributed by atoms with Gasteiger partial charge in [-0.05, 0) is 84.3 Å². The minimum atomic E-state index is -2.45. The Morgan fingerprint density at radius 2 is 1.49 bits per heavy atom. The molecule has 0 N–H and O–H groups in total. The number of rotatable bonds is 5. The van der Waals surface area contributed by atoms with Crippen LogP contribution in [-0.4, -0.2) is 16.5 Å². The summed E-state index contributed by atoms with van der Waals surface area (Å²) in [5.74, 6) is 0.861. The van der Waals surface area contributed by atoms with Gasteiger partial charge in [0.1, 0.15) is 5.82 Å². The zero-order valence-electron chi connectivity index (χ0n) is 26.3. The van der Waals surface area contributed by atoms with Gasteiger partial charge in [-0.2, -0.15) is 5.06 Å². The standard InChI is InChI=1S/C37H28N4OS/c1-25-10-3-4-13-30(25)26-20-21-38-37(22-26)40-33-15-6-5-14-31(33)32-19-18-29(24-36(32)40)43-28-12-9-11-27(23-28)41-35-17-8-7-16-34(35)39(2)42-41/h3-24H,1-2H3/i2D3. The lowest BCUT2D eigenvalue weighted by molar-refractivity contribution is 0.142. The highest BCUT2D eigenvalue weighted by Crippen LogP contribution is 2.42. The van der Waals surface area contributed by atoms with Gasteiger partial charge in [-0.3, -0.25) is 4.57 Å². The molecule has 7 aromatic rings. The monoisotopic (exact) mass is 579 g/mol. The molecule has 0 amide bonds. The van der Waals surface area contributed by atoms with Crippen LogP contribution >= 0.6 is 11.8 Å². The first-order valence-electron chi connectivity index (χ1n) is 15.6. The summed E-state index contributed by atoms with van der Waals surface area (Å²) in [6.45, 7) is -0.314. The van der Waals surface area contributed by atoms with Crippen molar-refractivity contribution in [2.24, 2.45) is 0 Å². The molecule has 3 heterocycles. The summed E-state index contributed by atoms with van der Waals surface area (Å²) in [6.07, 6.45) is 1.88. The van der Waals surface area contributed by atoms with E-state index in [1.54, 1.807) is 29.0 Å². The first kappa shape index (κ1) is 22.5. The molecular formula is C37H28N4OS. The van der Waals surface area contributed by atoms with Crippen LogP contribution < -0.4 is 10.1 Å². The Morgan fingerprint density at radius 1 is 0.698 bits per heavy atom. The average molecular weight is 580 g/mol. The molecule has 0 saturated carbocycles. The number of anilines is 3. The topological polar surface area (TPSA) is 33.5 Å². The molecule has 6 heteroatoms. The van der Waals surface area contributed by atoms with E-state index in [9.17, 15) is 0 Å². The summed E-state index contributed by atoms with van der Waals surface area (Å²) in [5.41, 5.74) is 7.61. The predicted molar refractivity (Wildman–Crippen MR) is 177 cm³/mol. The highest BCUT2D eigenvalue weighted by atomic mass is 32.2. The van der Waals surface area contributed by atoms with E-state index in [1.165, 1.54) is 16.5 Å². The lowest BCUT2D eigenvalue weighted by Crippen LogP contribution is -2.20. The highest BCUT2D eigenvalue weighted by molar-refractivity contribution is 7.99. The molecule has 208 valence electrons. The van der Waals surface area contributed by atoms with E-state index in [0.29, 0.717) is 11.4 Å². The van der Waals surface area contributed by atoms with Gasteiger partial charge in [0, 0.05) is 37.8 Å². The summed E-state index contributed by atoms with van der Waals surface area (Å²) in [4.78, 5) is 12.8. The fourth-order valence-corrected chi connectivity index (χ4v) is 6.74. The molecule has 5 aromatic carbocycles. The van der Waals surface area contributed by atoms with E-state index in [-0.39, 0.29) is 0 Å². The molecule has 0 saturated heterocycles. The maximum atomic E-state index is 7.95. The molecule has 0 unspecified atom stereocenters. The number of aromatic nitrogens is 2. The Kier molecular flexibility index (Phi) is 5.43. The molecule has 0 radical (unpaired) electrons. The quantitative estimate of drug-likeness (QED) is 0.203. The molecule has 0 fully saturated rings. The average Bonchev–Trinajstić information content (AvgIpc) is 3.62. The van der Waals surface area contributed by atoms with Crippen molar-refractivity contribution in [2.75, 3.05) is 17.1 Å². The Labute approximate surface area is 258 Å². The molecule has 1 aliphatic heterocycles. The number of pyridine rings is 1. The zero-order valence-corrected chi connectivity index (χ0v) is 24.1. The molecular weight excluding hydrogens is 549 g/mol. The van der Waals surface area contributed by atoms with Gasteiger partial charge < -0.3 is 0 Å². The van der Waals surface area contributed by atoms with Gasteiger partial charge in [0.15, 0.2) is 0 Å². The Balaban J connectivity index is 1.18. The number of para-hydroxylation sites is 3. The second kappa shape index (κ2) is 10.3. The fourth-order valence-electron chi connectivity index (χ4n) is 5.84. The van der Waals surface area contributed by atoms with Crippen molar-refractivity contribution in [1.82, 2.24) is 9.55 Å². The number of benzene rings is 5. The molecule has 8 rings (SSSR count). The lowest BCUT2D eigenvalue weighted by Gasteiger charge is -2.18. The van der Waals surface area contributed by atoms with Gasteiger partial charge in [-0.25, -0.2) is 10.0 Å². The van der Waals surface area contributed by atoms with Crippen molar-refractivity contribution in [2.45, 2.75) is 16.7 Å². The van der Waals surface area contributed by atoms with Crippen LogP contribution in [0.3, 0.4) is 0 Å². The number of aryl methyl sites for hydroxylation is 1. The maximum Gasteiger partial charge on any atom is 0.138 e. The third kappa shape index (κ3) is 4.43. The van der Waals surface area contributed by atoms with Crippen LogP contribution in [0.2, 0.25) is 0 Å². The van der Waals surface area contributed by atoms with Crippen LogP contribution in [0.1, 0.15) is 9.68 Å². The minimum Gasteiger partial charge on any atom is -0.294 e. The zero-order chi connectivity index (χ0) is 31.4. The van der Waals surface area contributed by atoms with E-state index >= 15 is 0 Å². The number of nitrogens with zero attached hydrogens (tertiary/aromatic N) is 4. The second-order valence-electron chi connectivity index (χ2n) is 10.5. The lowest BCUT2D eigenvalue weighted by atomic mass is 10.0. The molecule has 0 bridgehead atoms. The van der Waals surface area contributed by atoms with Crippen molar-refractivity contribution in [1.29, 1.82) is 0 Å². The Bertz CT molecular complexity index is 2260. The van der Waals surface area contributed by atoms with Gasteiger partial charge in [-0.1, -0.05) is 78.5 Å². The van der Waals surface area contributed by atoms with Crippen LogP contribution in [0, 0.1) is 6.92 Å². The number of hydrogen-bond acceptors (Lipinski definition) is 5. The van der Waals surface area contributed by atoms with E-state index < -0.39 is 6.98 Å². The first-order valence-corrected chi connectivity index (χ1v) is 14.9. The molecule has 43 heavy (non-hydrogen) atoms. The molecule has 5 nitrogen and oxygen atoms in total. The Morgan fingerprint density at radius 3 is 2.40 bits per heavy atom. The highest BCUT2D eigenvalue weighted by Gasteiger charge is 2.26. The van der Waals surface area contributed by atoms with Gasteiger partial charge >= 0.3 is 0 Å². The molecule has 2 aromatic heterocycles. The number of fused-ring (bicyclic) bond motifs is 4. The SMILES string of the molecule is [2H]C([2H])([2H])N1ON(c2cccc(Sc3ccc4c5ccccc5n(-c5cc(-c6ccccc6C)ccn5)c4c3)c2)c2ccccc21. The fraction of sp³-hybridized carbons (Fsp3) is 0.0541. The van der Waals surface area contributed by atoms with Crippen molar-refractivity contribution < 1.29 is 9.05 Å². The van der Waals surface area contributed by atoms with E-state index in [4.69, 9.17) is 14.0 Å². The van der Waals surface area contributed by atoms with Crippen LogP contribution in [0.15, 0.2) is 143 Å². The van der Waals surface area contributed by atoms with Gasteiger partial charge in [0.05, 0.1) is 28.1 Å². The van der Waals surface area contributed by atoms with Crippen LogP contribution in [0.4, 0.5) is 17.1 Å². The minimum absolute atomic E-state index is 0.499. The van der Waals surface area contributed by atoms with Crippen molar-refractivity contribution in [3.05, 3.63) is 139 Å². The summed E-state index contributed by atoms with van der Waals surface area (Å²) in [5, 5.41) is 4.88. The van der Waals surface area contributed by atoms with Gasteiger partial charge in [-0.15, -0.1) is 4.94 Å². The number of hydroxylamine groups is 1. The normalized spacial score (nSPS) is 14.1. The Hall–Kier alpha value is -5.04. The smallest absolute Gasteiger partial charge is 0.138 e. The van der Waals surface area contributed by atoms with Crippen LogP contribution in [0.25, 0.3) is 38.8 Å². The predicted octanol–water partition coefficient (Wildman–Crippen LogP) is 9.74. The van der Waals surface area contributed by atoms with Crippen molar-refractivity contribution in [3.8, 4) is 16.9 Å². The van der Waals surface area contributed by atoms with Crippen molar-refractivity contribution in [3.63, 3.8) is 0 Å². The summed E-state index contributed by atoms with van der Waals surface area (Å²) in [6, 6.07) is 42.8. The summed E-state index contributed by atoms with van der Waals surface area (Å²) in [7, 11) is 0. The second-order valence-corrected chi connectivity index (χ2v) is 11.7. The summed E-state index contributed by atoms with van der Waals surface area (Å²) < 4.78 is 26.1. The van der Waals surface area contributed by atoms with E-state index in [0.717, 1.165) is 48.3 Å². The molecule has 0 atom stereocenters. The van der Waals surface area contributed by atoms with E-state index in [1.807, 2.05) is 42.6 Å². The van der Waals surface area contributed by atoms with E-state index in [2.05, 4.69) is 90.4 Å². The first-order chi connectivity index (χ1) is 22.3. The molecule has 1 aliphatic rings. The van der Waals surface area contributed by atoms with Crippen LogP contribution in [0.5, 0.6) is 0 Å². The third-order valence-corrected chi connectivity index (χ3v) is 8.83. The molecule has 0 aliphatic carbocycles. The summed E-state index contributed by atoms with van der Waals surface area (Å²) >= 11 is 1.64. The largest absolute Gasteiger partial charge is 0.294 e. The van der Waals surface area contributed by atoms with Gasteiger partial charge in [0.2, 0.25) is 0 Å². The van der Waals surface area contributed by atoms with Crippen molar-refractivity contribution >= 4 is 50.6 Å². The maximum absolute atomic E-state index is 7.95. The number of hydrogen-bond donors (Lipinski definition) is 0. The van der Waals surface area contributed by atoms with Gasteiger partial charge in [0.25, 0.3) is 0 Å². The molecule has 0 spiro atoms. The third-order valence-electron chi connectivity index (χ3n) is 7.85.